The highest BCUT2D eigenvalue weighted by molar-refractivity contribution is 5.75. The normalized spacial score (nSPS) is 12.3. The Bertz CT molecular complexity index is 238. The van der Waals surface area contributed by atoms with E-state index in [2.05, 4.69) is 12.2 Å². The van der Waals surface area contributed by atoms with Crippen LogP contribution in [0.1, 0.15) is 33.6 Å². The van der Waals surface area contributed by atoms with Crippen LogP contribution < -0.4 is 5.32 Å². The molecule has 0 heterocycles. The van der Waals surface area contributed by atoms with E-state index in [1.54, 1.807) is 13.8 Å². The van der Waals surface area contributed by atoms with E-state index < -0.39 is 0 Å². The zero-order valence-electron chi connectivity index (χ0n) is 13.7. The van der Waals surface area contributed by atoms with Gasteiger partial charge in [-0.2, -0.15) is 0 Å². The number of ether oxygens (including phenoxy) is 4. The number of carbonyl (C=O) groups excluding carboxylic acids is 1. The van der Waals surface area contributed by atoms with E-state index in [0.717, 1.165) is 19.4 Å². The summed E-state index contributed by atoms with van der Waals surface area (Å²) in [6.45, 7) is 10.4. The largest absolute Gasteiger partial charge is 0.465 e. The lowest BCUT2D eigenvalue weighted by Gasteiger charge is -2.12. The van der Waals surface area contributed by atoms with Gasteiger partial charge in [0.25, 0.3) is 0 Å². The second-order valence-corrected chi connectivity index (χ2v) is 4.62. The van der Waals surface area contributed by atoms with Gasteiger partial charge in [-0.25, -0.2) is 0 Å². The third-order valence-electron chi connectivity index (χ3n) is 2.72. The first-order chi connectivity index (χ1) is 10.2. The number of carbonyl (C=O) groups is 1. The Balaban J connectivity index is 3.17. The van der Waals surface area contributed by atoms with Gasteiger partial charge in [-0.05, 0) is 20.3 Å². The fourth-order valence-electron chi connectivity index (χ4n) is 1.49. The van der Waals surface area contributed by atoms with Gasteiger partial charge in [0, 0.05) is 13.2 Å². The Morgan fingerprint density at radius 1 is 0.952 bits per heavy atom. The van der Waals surface area contributed by atoms with Crippen LogP contribution in [0.4, 0.5) is 0 Å². The van der Waals surface area contributed by atoms with Gasteiger partial charge in [0.05, 0.1) is 39.6 Å². The predicted molar refractivity (Wildman–Crippen MR) is 81.5 cm³/mol. The predicted octanol–water partition coefficient (Wildman–Crippen LogP) is 1.38. The molecule has 0 amide bonds. The van der Waals surface area contributed by atoms with Crippen LogP contribution in [0.25, 0.3) is 0 Å². The summed E-state index contributed by atoms with van der Waals surface area (Å²) in [6, 6.07) is -0.301. The maximum absolute atomic E-state index is 11.3. The number of rotatable bonds is 15. The second kappa shape index (κ2) is 15.7. The van der Waals surface area contributed by atoms with Crippen LogP contribution in [0.3, 0.4) is 0 Å². The summed E-state index contributed by atoms with van der Waals surface area (Å²) in [5.74, 6) is -0.232. The minimum atomic E-state index is -0.301. The molecule has 0 aliphatic heterocycles. The van der Waals surface area contributed by atoms with Crippen molar-refractivity contribution in [2.24, 2.45) is 0 Å². The second-order valence-electron chi connectivity index (χ2n) is 4.62. The first-order valence-electron chi connectivity index (χ1n) is 7.85. The van der Waals surface area contributed by atoms with Crippen molar-refractivity contribution in [3.05, 3.63) is 0 Å². The first-order valence-corrected chi connectivity index (χ1v) is 7.85. The zero-order chi connectivity index (χ0) is 15.8. The summed E-state index contributed by atoms with van der Waals surface area (Å²) in [6.07, 6.45) is 2.25. The monoisotopic (exact) mass is 305 g/mol. The lowest BCUT2D eigenvalue weighted by molar-refractivity contribution is -0.145. The molecule has 6 heteroatoms. The highest BCUT2D eigenvalue weighted by atomic mass is 16.5. The minimum Gasteiger partial charge on any atom is -0.465 e. The van der Waals surface area contributed by atoms with E-state index in [1.165, 1.54) is 0 Å². The smallest absolute Gasteiger partial charge is 0.322 e. The molecule has 21 heavy (non-hydrogen) atoms. The Hall–Kier alpha value is -0.690. The number of hydrogen-bond acceptors (Lipinski definition) is 6. The third kappa shape index (κ3) is 14.0. The molecule has 0 aromatic rings. The van der Waals surface area contributed by atoms with Crippen LogP contribution in [-0.4, -0.2) is 64.8 Å². The van der Waals surface area contributed by atoms with Crippen LogP contribution in [-0.2, 0) is 23.7 Å². The molecule has 0 spiro atoms. The fourth-order valence-corrected chi connectivity index (χ4v) is 1.49. The van der Waals surface area contributed by atoms with Gasteiger partial charge in [0.15, 0.2) is 0 Å². The lowest BCUT2D eigenvalue weighted by Crippen LogP contribution is -2.37. The molecule has 1 N–H and O–H groups in total. The van der Waals surface area contributed by atoms with Crippen molar-refractivity contribution in [3.63, 3.8) is 0 Å². The molecule has 6 nitrogen and oxygen atoms in total. The summed E-state index contributed by atoms with van der Waals surface area (Å²) >= 11 is 0. The summed E-state index contributed by atoms with van der Waals surface area (Å²) in [5, 5.41) is 3.04. The van der Waals surface area contributed by atoms with Gasteiger partial charge in [-0.1, -0.05) is 13.3 Å². The molecule has 0 saturated carbocycles. The van der Waals surface area contributed by atoms with E-state index in [0.29, 0.717) is 46.2 Å². The van der Waals surface area contributed by atoms with Crippen molar-refractivity contribution in [2.75, 3.05) is 52.8 Å². The molecule has 0 bridgehead atoms. The molecule has 0 rings (SSSR count). The molecule has 0 aromatic carbocycles. The molecule has 0 fully saturated rings. The molecule has 1 atom stereocenters. The van der Waals surface area contributed by atoms with Crippen molar-refractivity contribution in [3.8, 4) is 0 Å². The quantitative estimate of drug-likeness (QED) is 0.364. The van der Waals surface area contributed by atoms with Gasteiger partial charge >= 0.3 is 5.97 Å². The average molecular weight is 305 g/mol. The van der Waals surface area contributed by atoms with E-state index in [4.69, 9.17) is 18.9 Å². The van der Waals surface area contributed by atoms with Crippen LogP contribution >= 0.6 is 0 Å². The fraction of sp³-hybridized carbons (Fsp3) is 0.933. The SMILES string of the molecule is CCCCOCCOCCOCCNC(C)C(=O)OCC. The summed E-state index contributed by atoms with van der Waals surface area (Å²) in [7, 11) is 0. The van der Waals surface area contributed by atoms with Crippen molar-refractivity contribution >= 4 is 5.97 Å². The van der Waals surface area contributed by atoms with Crippen LogP contribution in [0.15, 0.2) is 0 Å². The standard InChI is InChI=1S/C15H31NO5/c1-4-6-8-18-10-12-20-13-11-19-9-7-16-14(3)15(17)21-5-2/h14,16H,4-13H2,1-3H3. The van der Waals surface area contributed by atoms with Crippen LogP contribution in [0.2, 0.25) is 0 Å². The van der Waals surface area contributed by atoms with Crippen molar-refractivity contribution in [1.29, 1.82) is 0 Å². The highest BCUT2D eigenvalue weighted by Crippen LogP contribution is 1.89. The van der Waals surface area contributed by atoms with Gasteiger partial charge in [-0.3, -0.25) is 4.79 Å². The summed E-state index contributed by atoms with van der Waals surface area (Å²) in [5.41, 5.74) is 0. The molecule has 0 aliphatic rings. The van der Waals surface area contributed by atoms with E-state index in [9.17, 15) is 4.79 Å². The van der Waals surface area contributed by atoms with Crippen molar-refractivity contribution in [2.45, 2.75) is 39.7 Å². The molecular weight excluding hydrogens is 274 g/mol. The molecule has 126 valence electrons. The van der Waals surface area contributed by atoms with Crippen molar-refractivity contribution in [1.82, 2.24) is 5.32 Å². The number of nitrogens with one attached hydrogen (secondary N) is 1. The molecule has 1 unspecified atom stereocenters. The topological polar surface area (TPSA) is 66.0 Å². The number of esters is 1. The lowest BCUT2D eigenvalue weighted by atomic mass is 10.3. The first kappa shape index (κ1) is 20.3. The van der Waals surface area contributed by atoms with E-state index in [-0.39, 0.29) is 12.0 Å². The molecule has 0 aliphatic carbocycles. The van der Waals surface area contributed by atoms with Gasteiger partial charge < -0.3 is 24.3 Å². The Morgan fingerprint density at radius 3 is 2.10 bits per heavy atom. The van der Waals surface area contributed by atoms with Crippen LogP contribution in [0, 0.1) is 0 Å². The number of hydrogen-bond donors (Lipinski definition) is 1. The molecule has 0 saturated heterocycles. The number of unbranched alkanes of at least 4 members (excludes halogenated alkanes) is 1. The van der Waals surface area contributed by atoms with Gasteiger partial charge in [0.1, 0.15) is 6.04 Å². The third-order valence-corrected chi connectivity index (χ3v) is 2.72. The molecule has 0 aromatic heterocycles. The minimum absolute atomic E-state index is 0.232. The van der Waals surface area contributed by atoms with E-state index in [1.807, 2.05) is 0 Å². The van der Waals surface area contributed by atoms with E-state index >= 15 is 0 Å². The Morgan fingerprint density at radius 2 is 1.52 bits per heavy atom. The Labute approximate surface area is 128 Å². The van der Waals surface area contributed by atoms with Crippen LogP contribution in [0.5, 0.6) is 0 Å². The summed E-state index contributed by atoms with van der Waals surface area (Å²) in [4.78, 5) is 11.3. The maximum atomic E-state index is 11.3. The highest BCUT2D eigenvalue weighted by Gasteiger charge is 2.11. The molecular formula is C15H31NO5. The molecule has 0 radical (unpaired) electrons. The van der Waals surface area contributed by atoms with Crippen molar-refractivity contribution < 1.29 is 23.7 Å². The maximum Gasteiger partial charge on any atom is 0.322 e. The zero-order valence-corrected chi connectivity index (χ0v) is 13.7. The Kier molecular flexibility index (Phi) is 15.2. The van der Waals surface area contributed by atoms with Gasteiger partial charge in [-0.15, -0.1) is 0 Å². The average Bonchev–Trinajstić information content (AvgIpc) is 2.48. The summed E-state index contributed by atoms with van der Waals surface area (Å²) < 4.78 is 21.0. The van der Waals surface area contributed by atoms with Gasteiger partial charge in [0.2, 0.25) is 0 Å².